The maximum atomic E-state index is 11.3. The molecule has 0 aromatic carbocycles. The molecule has 0 aliphatic rings. The van der Waals surface area contributed by atoms with Crippen LogP contribution < -0.4 is 5.32 Å². The first kappa shape index (κ1) is 10.3. The number of amides is 1. The lowest BCUT2D eigenvalue weighted by Crippen LogP contribution is -2.23. The molecule has 0 spiro atoms. The van der Waals surface area contributed by atoms with E-state index in [4.69, 9.17) is 6.42 Å². The van der Waals surface area contributed by atoms with Gasteiger partial charge in [0, 0.05) is 13.0 Å². The number of rotatable bonds is 3. The maximum Gasteiger partial charge on any atom is 0.261 e. The van der Waals surface area contributed by atoms with Crippen LogP contribution in [0.5, 0.6) is 0 Å². The molecular formula is C9H8BrNOS. The van der Waals surface area contributed by atoms with Crippen LogP contribution >= 0.6 is 27.3 Å². The Morgan fingerprint density at radius 1 is 1.69 bits per heavy atom. The lowest BCUT2D eigenvalue weighted by atomic mass is 10.4. The molecular weight excluding hydrogens is 250 g/mol. The number of hydrogen-bond acceptors (Lipinski definition) is 2. The van der Waals surface area contributed by atoms with E-state index in [0.717, 1.165) is 3.79 Å². The van der Waals surface area contributed by atoms with Crippen molar-refractivity contribution in [2.24, 2.45) is 0 Å². The molecule has 1 N–H and O–H groups in total. The third-order valence-electron chi connectivity index (χ3n) is 1.35. The fourth-order valence-electron chi connectivity index (χ4n) is 0.772. The molecule has 1 aromatic heterocycles. The van der Waals surface area contributed by atoms with Crippen LogP contribution in [0, 0.1) is 12.3 Å². The van der Waals surface area contributed by atoms with Gasteiger partial charge in [0.1, 0.15) is 0 Å². The number of hydrogen-bond donors (Lipinski definition) is 1. The summed E-state index contributed by atoms with van der Waals surface area (Å²) < 4.78 is 0.953. The second kappa shape index (κ2) is 5.05. The Bertz CT molecular complexity index is 340. The van der Waals surface area contributed by atoms with E-state index in [1.54, 1.807) is 6.07 Å². The molecule has 0 atom stereocenters. The molecule has 1 aromatic rings. The van der Waals surface area contributed by atoms with Crippen molar-refractivity contribution in [3.63, 3.8) is 0 Å². The van der Waals surface area contributed by atoms with Crippen LogP contribution in [0.3, 0.4) is 0 Å². The molecule has 1 amide bonds. The molecule has 0 radical (unpaired) electrons. The van der Waals surface area contributed by atoms with Gasteiger partial charge in [0.15, 0.2) is 0 Å². The fraction of sp³-hybridized carbons (Fsp3) is 0.222. The summed E-state index contributed by atoms with van der Waals surface area (Å²) in [6, 6.07) is 3.63. The standard InChI is InChI=1S/C9H8BrNOS/c1-2-3-6-11-9(12)7-4-5-8(10)13-7/h1,4-5H,3,6H2,(H,11,12). The number of thiophene rings is 1. The van der Waals surface area contributed by atoms with Crippen molar-refractivity contribution in [3.8, 4) is 12.3 Å². The van der Waals surface area contributed by atoms with E-state index in [1.807, 2.05) is 6.07 Å². The predicted octanol–water partition coefficient (Wildman–Crippen LogP) is 2.26. The average Bonchev–Trinajstić information content (AvgIpc) is 2.52. The van der Waals surface area contributed by atoms with Gasteiger partial charge in [-0.2, -0.15) is 0 Å². The van der Waals surface area contributed by atoms with Crippen LogP contribution in [0.15, 0.2) is 15.9 Å². The van der Waals surface area contributed by atoms with Crippen molar-refractivity contribution in [1.29, 1.82) is 0 Å². The highest BCUT2D eigenvalue weighted by atomic mass is 79.9. The van der Waals surface area contributed by atoms with Gasteiger partial charge < -0.3 is 5.32 Å². The summed E-state index contributed by atoms with van der Waals surface area (Å²) in [7, 11) is 0. The van der Waals surface area contributed by atoms with Gasteiger partial charge in [-0.25, -0.2) is 0 Å². The van der Waals surface area contributed by atoms with Gasteiger partial charge in [-0.1, -0.05) is 0 Å². The first-order valence-electron chi connectivity index (χ1n) is 3.71. The molecule has 68 valence electrons. The second-order valence-corrected chi connectivity index (χ2v) is 4.78. The number of terminal acetylenes is 1. The lowest BCUT2D eigenvalue weighted by molar-refractivity contribution is 0.0958. The smallest absolute Gasteiger partial charge is 0.261 e. The van der Waals surface area contributed by atoms with Crippen molar-refractivity contribution < 1.29 is 4.79 Å². The minimum atomic E-state index is -0.0639. The quantitative estimate of drug-likeness (QED) is 0.654. The van der Waals surface area contributed by atoms with Crippen molar-refractivity contribution in [3.05, 3.63) is 20.8 Å². The number of carbonyl (C=O) groups is 1. The number of nitrogens with one attached hydrogen (secondary N) is 1. The molecule has 4 heteroatoms. The second-order valence-electron chi connectivity index (χ2n) is 2.31. The van der Waals surface area contributed by atoms with Crippen LogP contribution in [0.4, 0.5) is 0 Å². The zero-order valence-electron chi connectivity index (χ0n) is 6.84. The van der Waals surface area contributed by atoms with Gasteiger partial charge in [0.2, 0.25) is 0 Å². The Morgan fingerprint density at radius 3 is 3.00 bits per heavy atom. The first-order valence-corrected chi connectivity index (χ1v) is 5.32. The summed E-state index contributed by atoms with van der Waals surface area (Å²) >= 11 is 4.70. The highest BCUT2D eigenvalue weighted by Crippen LogP contribution is 2.21. The van der Waals surface area contributed by atoms with Gasteiger partial charge in [-0.3, -0.25) is 4.79 Å². The monoisotopic (exact) mass is 257 g/mol. The highest BCUT2D eigenvalue weighted by molar-refractivity contribution is 9.11. The minimum Gasteiger partial charge on any atom is -0.350 e. The maximum absolute atomic E-state index is 11.3. The normalized spacial score (nSPS) is 9.23. The molecule has 1 heterocycles. The molecule has 0 unspecified atom stereocenters. The minimum absolute atomic E-state index is 0.0639. The Balaban J connectivity index is 2.45. The van der Waals surface area contributed by atoms with E-state index >= 15 is 0 Å². The average molecular weight is 258 g/mol. The molecule has 0 aliphatic carbocycles. The van der Waals surface area contributed by atoms with E-state index in [1.165, 1.54) is 11.3 Å². The molecule has 2 nitrogen and oxygen atoms in total. The molecule has 0 saturated heterocycles. The first-order chi connectivity index (χ1) is 6.24. The van der Waals surface area contributed by atoms with Gasteiger partial charge in [-0.05, 0) is 28.1 Å². The Labute approximate surface area is 89.5 Å². The third kappa shape index (κ3) is 3.21. The zero-order chi connectivity index (χ0) is 9.68. The summed E-state index contributed by atoms with van der Waals surface area (Å²) in [6.07, 6.45) is 5.62. The Morgan fingerprint density at radius 2 is 2.46 bits per heavy atom. The Kier molecular flexibility index (Phi) is 4.00. The molecule has 1 rings (SSSR count). The van der Waals surface area contributed by atoms with Crippen molar-refractivity contribution in [2.45, 2.75) is 6.42 Å². The van der Waals surface area contributed by atoms with Crippen LogP contribution in [-0.4, -0.2) is 12.5 Å². The topological polar surface area (TPSA) is 29.1 Å². The van der Waals surface area contributed by atoms with Crippen LogP contribution in [-0.2, 0) is 0 Å². The third-order valence-corrected chi connectivity index (χ3v) is 2.97. The largest absolute Gasteiger partial charge is 0.350 e. The number of carbonyl (C=O) groups excluding carboxylic acids is 1. The van der Waals surface area contributed by atoms with Crippen LogP contribution in [0.25, 0.3) is 0 Å². The van der Waals surface area contributed by atoms with E-state index < -0.39 is 0 Å². The summed E-state index contributed by atoms with van der Waals surface area (Å²) in [5, 5.41) is 2.72. The van der Waals surface area contributed by atoms with Crippen molar-refractivity contribution in [1.82, 2.24) is 5.32 Å². The summed E-state index contributed by atoms with van der Waals surface area (Å²) in [6.45, 7) is 0.533. The molecule has 13 heavy (non-hydrogen) atoms. The summed E-state index contributed by atoms with van der Waals surface area (Å²) in [5.41, 5.74) is 0. The zero-order valence-corrected chi connectivity index (χ0v) is 9.24. The molecule has 0 bridgehead atoms. The summed E-state index contributed by atoms with van der Waals surface area (Å²) in [4.78, 5) is 12.0. The highest BCUT2D eigenvalue weighted by Gasteiger charge is 2.06. The van der Waals surface area contributed by atoms with Gasteiger partial charge in [0.25, 0.3) is 5.91 Å². The lowest BCUT2D eigenvalue weighted by Gasteiger charge is -1.98. The van der Waals surface area contributed by atoms with E-state index in [2.05, 4.69) is 27.2 Å². The molecule has 0 aliphatic heterocycles. The fourth-order valence-corrected chi connectivity index (χ4v) is 2.07. The van der Waals surface area contributed by atoms with Gasteiger partial charge in [0.05, 0.1) is 8.66 Å². The molecule has 0 saturated carbocycles. The van der Waals surface area contributed by atoms with E-state index in [0.29, 0.717) is 17.8 Å². The SMILES string of the molecule is C#CCCNC(=O)c1ccc(Br)s1. The number of halogens is 1. The molecule has 0 fully saturated rings. The van der Waals surface area contributed by atoms with Gasteiger partial charge in [-0.15, -0.1) is 23.7 Å². The van der Waals surface area contributed by atoms with Crippen LogP contribution in [0.1, 0.15) is 16.1 Å². The summed E-state index contributed by atoms with van der Waals surface area (Å²) in [5.74, 6) is 2.40. The van der Waals surface area contributed by atoms with Crippen molar-refractivity contribution in [2.75, 3.05) is 6.54 Å². The van der Waals surface area contributed by atoms with E-state index in [9.17, 15) is 4.79 Å². The Hall–Kier alpha value is -0.790. The van der Waals surface area contributed by atoms with Crippen molar-refractivity contribution >= 4 is 33.2 Å². The van der Waals surface area contributed by atoms with Gasteiger partial charge >= 0.3 is 0 Å². The predicted molar refractivity (Wildman–Crippen MR) is 57.8 cm³/mol. The van der Waals surface area contributed by atoms with Crippen LogP contribution in [0.2, 0.25) is 0 Å². The van der Waals surface area contributed by atoms with E-state index in [-0.39, 0.29) is 5.91 Å².